The van der Waals surface area contributed by atoms with E-state index in [9.17, 15) is 24.8 Å². The molecule has 1 saturated carbocycles. The standard InChI is InChI=1S/C30H29ClF2N4O4/c31-17-7-9-21-20-5-1-2-6-22(20)30(41,24(21)13-17)28(40)37-19-8-10-23(29(32,33)14-19)25(37)27(39)36-18(15-34)12-16-4-3-11-35-26(16)38/h1-2,5-7,9,13,16,18-19,23,25,41H,3-4,8,10-12,14H2,(H,35,38)(H,36,39)/t16-,18+,19-,23-,25+,30-/m0/s1. The minimum absolute atomic E-state index is 0.0131. The van der Waals surface area contributed by atoms with E-state index in [1.165, 1.54) is 6.07 Å². The Balaban J connectivity index is 1.36. The van der Waals surface area contributed by atoms with Crippen LogP contribution in [0.5, 0.6) is 0 Å². The number of carbonyl (C=O) groups is 3. The maximum atomic E-state index is 15.3. The topological polar surface area (TPSA) is 123 Å². The normalized spacial score (nSPS) is 30.0. The summed E-state index contributed by atoms with van der Waals surface area (Å²) >= 11 is 6.27. The monoisotopic (exact) mass is 582 g/mol. The molecule has 3 amide bonds. The number of aliphatic hydroxyl groups is 1. The molecule has 0 radical (unpaired) electrons. The van der Waals surface area contributed by atoms with Crippen LogP contribution in [0.1, 0.15) is 49.7 Å². The second-order valence-corrected chi connectivity index (χ2v) is 11.9. The Bertz CT molecular complexity index is 1480. The number of rotatable bonds is 5. The van der Waals surface area contributed by atoms with Gasteiger partial charge in [0.1, 0.15) is 12.1 Å². The molecule has 0 spiro atoms. The number of nitrogens with zero attached hydrogens (tertiary/aromatic N) is 2. The molecule has 41 heavy (non-hydrogen) atoms. The molecule has 2 aliphatic carbocycles. The van der Waals surface area contributed by atoms with Crippen molar-refractivity contribution in [1.29, 1.82) is 5.26 Å². The van der Waals surface area contributed by atoms with Crippen molar-refractivity contribution in [2.75, 3.05) is 6.54 Å². The summed E-state index contributed by atoms with van der Waals surface area (Å²) in [6.45, 7) is 0.538. The first-order valence-electron chi connectivity index (χ1n) is 13.9. The Kier molecular flexibility index (Phi) is 6.78. The predicted molar refractivity (Wildman–Crippen MR) is 144 cm³/mol. The molecule has 11 heteroatoms. The summed E-state index contributed by atoms with van der Waals surface area (Å²) in [5, 5.41) is 27.6. The number of hydrogen-bond donors (Lipinski definition) is 3. The Labute approximate surface area is 240 Å². The van der Waals surface area contributed by atoms with Crippen LogP contribution in [0.4, 0.5) is 8.78 Å². The quantitative estimate of drug-likeness (QED) is 0.498. The Morgan fingerprint density at radius 3 is 2.66 bits per heavy atom. The summed E-state index contributed by atoms with van der Waals surface area (Å²) in [7, 11) is 0. The smallest absolute Gasteiger partial charge is 0.264 e. The molecule has 0 aromatic heterocycles. The van der Waals surface area contributed by atoms with E-state index in [1.54, 1.807) is 36.4 Å². The number of carbonyl (C=O) groups excluding carboxylic acids is 3. The lowest BCUT2D eigenvalue weighted by Crippen LogP contribution is -2.70. The molecule has 5 aliphatic rings. The first-order valence-corrected chi connectivity index (χ1v) is 14.2. The van der Waals surface area contributed by atoms with Crippen molar-refractivity contribution in [3.8, 4) is 17.2 Å². The van der Waals surface area contributed by atoms with Crippen LogP contribution in [-0.2, 0) is 20.0 Å². The van der Waals surface area contributed by atoms with E-state index in [1.807, 2.05) is 6.07 Å². The van der Waals surface area contributed by atoms with Gasteiger partial charge in [0.05, 0.1) is 12.0 Å². The van der Waals surface area contributed by atoms with E-state index in [0.29, 0.717) is 24.1 Å². The van der Waals surface area contributed by atoms with Crippen LogP contribution in [0.25, 0.3) is 11.1 Å². The second-order valence-electron chi connectivity index (χ2n) is 11.5. The van der Waals surface area contributed by atoms with E-state index in [0.717, 1.165) is 11.3 Å². The predicted octanol–water partition coefficient (Wildman–Crippen LogP) is 3.50. The number of amides is 3. The molecular weight excluding hydrogens is 554 g/mol. The van der Waals surface area contributed by atoms with Crippen LogP contribution < -0.4 is 10.6 Å². The lowest BCUT2D eigenvalue weighted by molar-refractivity contribution is -0.201. The number of piperidine rings is 3. The van der Waals surface area contributed by atoms with Crippen LogP contribution in [0.2, 0.25) is 5.02 Å². The molecule has 214 valence electrons. The van der Waals surface area contributed by atoms with Crippen LogP contribution in [0, 0.1) is 23.2 Å². The van der Waals surface area contributed by atoms with Crippen LogP contribution in [0.3, 0.4) is 0 Å². The molecule has 8 nitrogen and oxygen atoms in total. The third-order valence-electron chi connectivity index (χ3n) is 9.12. The number of alkyl halides is 2. The van der Waals surface area contributed by atoms with Crippen molar-refractivity contribution in [3.63, 3.8) is 0 Å². The van der Waals surface area contributed by atoms with Crippen LogP contribution >= 0.6 is 11.6 Å². The highest BCUT2D eigenvalue weighted by Gasteiger charge is 2.63. The molecule has 3 N–H and O–H groups in total. The summed E-state index contributed by atoms with van der Waals surface area (Å²) in [5.74, 6) is -7.19. The fraction of sp³-hybridized carbons (Fsp3) is 0.467. The van der Waals surface area contributed by atoms with Gasteiger partial charge in [-0.15, -0.1) is 0 Å². The molecule has 2 bridgehead atoms. The van der Waals surface area contributed by atoms with E-state index >= 15 is 8.78 Å². The summed E-state index contributed by atoms with van der Waals surface area (Å²) in [4.78, 5) is 41.6. The lowest BCUT2D eigenvalue weighted by Gasteiger charge is -2.54. The fourth-order valence-corrected chi connectivity index (χ4v) is 7.36. The van der Waals surface area contributed by atoms with Gasteiger partial charge in [-0.1, -0.05) is 41.9 Å². The van der Waals surface area contributed by atoms with Crippen molar-refractivity contribution in [1.82, 2.24) is 15.5 Å². The minimum Gasteiger partial charge on any atom is -0.372 e. The van der Waals surface area contributed by atoms with Gasteiger partial charge in [0.15, 0.2) is 5.60 Å². The number of halogens is 3. The van der Waals surface area contributed by atoms with Gasteiger partial charge >= 0.3 is 0 Å². The molecule has 2 aromatic carbocycles. The third kappa shape index (κ3) is 4.37. The van der Waals surface area contributed by atoms with Crippen molar-refractivity contribution in [2.24, 2.45) is 11.8 Å². The highest BCUT2D eigenvalue weighted by atomic mass is 35.5. The summed E-state index contributed by atoms with van der Waals surface area (Å²) < 4.78 is 30.6. The average Bonchev–Trinajstić information content (AvgIpc) is 3.21. The first kappa shape index (κ1) is 27.6. The van der Waals surface area contributed by atoms with Gasteiger partial charge in [0.25, 0.3) is 11.8 Å². The Morgan fingerprint density at radius 2 is 1.93 bits per heavy atom. The maximum absolute atomic E-state index is 15.3. The van der Waals surface area contributed by atoms with E-state index in [4.69, 9.17) is 11.6 Å². The van der Waals surface area contributed by atoms with Gasteiger partial charge in [-0.2, -0.15) is 5.26 Å². The molecule has 3 saturated heterocycles. The van der Waals surface area contributed by atoms with E-state index < -0.39 is 59.7 Å². The van der Waals surface area contributed by atoms with Crippen molar-refractivity contribution in [2.45, 2.75) is 68.2 Å². The number of nitriles is 1. The second kappa shape index (κ2) is 10.1. The summed E-state index contributed by atoms with van der Waals surface area (Å²) in [6.07, 6.45) is 0.943. The molecule has 3 aliphatic heterocycles. The van der Waals surface area contributed by atoms with Crippen molar-refractivity contribution >= 4 is 29.3 Å². The fourth-order valence-electron chi connectivity index (χ4n) is 7.19. The summed E-state index contributed by atoms with van der Waals surface area (Å²) in [6, 6.07) is 9.88. The van der Waals surface area contributed by atoms with Gasteiger partial charge in [-0.3, -0.25) is 14.4 Å². The molecule has 2 aromatic rings. The van der Waals surface area contributed by atoms with E-state index in [2.05, 4.69) is 10.6 Å². The summed E-state index contributed by atoms with van der Waals surface area (Å²) in [5.41, 5.74) is -0.546. The average molecular weight is 583 g/mol. The molecule has 7 rings (SSSR count). The Hall–Kier alpha value is -3.55. The van der Waals surface area contributed by atoms with Crippen LogP contribution in [-0.4, -0.2) is 58.3 Å². The highest BCUT2D eigenvalue weighted by Crippen LogP contribution is 2.54. The highest BCUT2D eigenvalue weighted by molar-refractivity contribution is 6.31. The zero-order chi connectivity index (χ0) is 29.1. The third-order valence-corrected chi connectivity index (χ3v) is 9.35. The van der Waals surface area contributed by atoms with Gasteiger partial charge < -0.3 is 20.6 Å². The van der Waals surface area contributed by atoms with Crippen molar-refractivity contribution < 1.29 is 28.3 Å². The molecule has 4 fully saturated rings. The molecule has 0 unspecified atom stereocenters. The van der Waals surface area contributed by atoms with E-state index in [-0.39, 0.29) is 41.3 Å². The zero-order valence-electron chi connectivity index (χ0n) is 22.1. The number of benzene rings is 2. The number of hydrogen-bond acceptors (Lipinski definition) is 5. The van der Waals surface area contributed by atoms with Gasteiger partial charge in [-0.05, 0) is 55.4 Å². The molecule has 3 heterocycles. The van der Waals surface area contributed by atoms with Gasteiger partial charge in [-0.25, -0.2) is 8.78 Å². The largest absolute Gasteiger partial charge is 0.372 e. The zero-order valence-corrected chi connectivity index (χ0v) is 22.8. The number of nitrogens with one attached hydrogen (secondary N) is 2. The first-order chi connectivity index (χ1) is 19.6. The lowest BCUT2D eigenvalue weighted by atomic mass is 9.70. The Morgan fingerprint density at radius 1 is 1.17 bits per heavy atom. The minimum atomic E-state index is -3.22. The maximum Gasteiger partial charge on any atom is 0.264 e. The van der Waals surface area contributed by atoms with Gasteiger partial charge in [0.2, 0.25) is 11.8 Å². The van der Waals surface area contributed by atoms with Crippen molar-refractivity contribution in [3.05, 3.63) is 58.6 Å². The SMILES string of the molecule is N#C[C@@H](C[C@@H]1CCCNC1=O)NC(=O)[C@H]1[C@@H]2CC[C@@H](CC2(F)F)N1C(=O)[C@]1(O)c2ccccc2-c2ccc(Cl)cc21. The van der Waals surface area contributed by atoms with Crippen LogP contribution in [0.15, 0.2) is 42.5 Å². The molecular formula is C30H29ClF2N4O4. The van der Waals surface area contributed by atoms with Gasteiger partial charge in [0, 0.05) is 41.1 Å². The number of fused-ring (bicyclic) bond motifs is 6. The molecule has 6 atom stereocenters.